The smallest absolute Gasteiger partial charge is 0.150 e. The number of aliphatic hydroxyl groups is 2. The Hall–Kier alpha value is -1.88. The summed E-state index contributed by atoms with van der Waals surface area (Å²) in [5, 5.41) is 20.1. The van der Waals surface area contributed by atoms with Crippen molar-refractivity contribution in [3.05, 3.63) is 52.6 Å². The molecule has 2 aliphatic heterocycles. The molecule has 0 spiro atoms. The van der Waals surface area contributed by atoms with Gasteiger partial charge in [0.15, 0.2) is 6.10 Å². The highest BCUT2D eigenvalue weighted by Crippen LogP contribution is 2.53. The largest absolute Gasteiger partial charge is 0.484 e. The Bertz CT molecular complexity index is 799. The Morgan fingerprint density at radius 1 is 1.04 bits per heavy atom. The Balaban J connectivity index is 1.82. The fourth-order valence-corrected chi connectivity index (χ4v) is 4.51. The van der Waals surface area contributed by atoms with Gasteiger partial charge in [-0.2, -0.15) is 0 Å². The van der Waals surface area contributed by atoms with Crippen LogP contribution in [0.25, 0.3) is 11.1 Å². The number of benzene rings is 2. The maximum absolute atomic E-state index is 10.5. The van der Waals surface area contributed by atoms with Crippen molar-refractivity contribution in [2.24, 2.45) is 0 Å². The van der Waals surface area contributed by atoms with Gasteiger partial charge in [-0.25, -0.2) is 0 Å². The molecule has 124 valence electrons. The fourth-order valence-electron chi connectivity index (χ4n) is 4.51. The minimum atomic E-state index is -0.827. The van der Waals surface area contributed by atoms with Crippen LogP contribution in [0.3, 0.4) is 0 Å². The molecule has 0 saturated heterocycles. The Kier molecular flexibility index (Phi) is 3.20. The first-order valence-corrected chi connectivity index (χ1v) is 8.62. The average molecular weight is 324 g/mol. The topological polar surface area (TPSA) is 58.9 Å². The van der Waals surface area contributed by atoms with E-state index in [0.717, 1.165) is 41.7 Å². The molecule has 24 heavy (non-hydrogen) atoms. The highest BCUT2D eigenvalue weighted by atomic mass is 16.5. The van der Waals surface area contributed by atoms with E-state index in [1.165, 1.54) is 16.7 Å². The monoisotopic (exact) mass is 324 g/mol. The lowest BCUT2D eigenvalue weighted by molar-refractivity contribution is -0.103. The highest BCUT2D eigenvalue weighted by molar-refractivity contribution is 5.80. The first kappa shape index (κ1) is 14.5. The van der Waals surface area contributed by atoms with Gasteiger partial charge in [-0.05, 0) is 41.5 Å². The molecule has 0 saturated carbocycles. The quantitative estimate of drug-likeness (QED) is 0.891. The first-order valence-electron chi connectivity index (χ1n) is 8.62. The molecular formula is C20H20O4. The van der Waals surface area contributed by atoms with Crippen LogP contribution in [0.4, 0.5) is 0 Å². The van der Waals surface area contributed by atoms with Crippen molar-refractivity contribution >= 4 is 0 Å². The number of fused-ring (bicyclic) bond motifs is 2. The lowest BCUT2D eigenvalue weighted by atomic mass is 9.85. The van der Waals surface area contributed by atoms with Gasteiger partial charge in [-0.15, -0.1) is 0 Å². The van der Waals surface area contributed by atoms with Crippen LogP contribution in [-0.4, -0.2) is 29.0 Å². The second-order valence-electron chi connectivity index (χ2n) is 6.83. The van der Waals surface area contributed by atoms with E-state index in [0.29, 0.717) is 6.61 Å². The molecule has 2 N–H and O–H groups in total. The second kappa shape index (κ2) is 5.31. The molecule has 4 heteroatoms. The SMILES string of the molecule is OC[C@H]1Oc2c(-c3ccccc3)c3c(c4c2[C@@H](OC4)[C@@H]1O)CCC3. The molecule has 2 aromatic rings. The Morgan fingerprint density at radius 2 is 1.83 bits per heavy atom. The molecule has 1 aliphatic carbocycles. The van der Waals surface area contributed by atoms with Gasteiger partial charge < -0.3 is 19.7 Å². The zero-order valence-corrected chi connectivity index (χ0v) is 13.4. The number of hydrogen-bond acceptors (Lipinski definition) is 4. The second-order valence-corrected chi connectivity index (χ2v) is 6.83. The zero-order valence-electron chi connectivity index (χ0n) is 13.4. The van der Waals surface area contributed by atoms with Crippen LogP contribution in [0.2, 0.25) is 0 Å². The summed E-state index contributed by atoms with van der Waals surface area (Å²) in [6.45, 7) is 0.310. The molecule has 0 radical (unpaired) electrons. The molecule has 0 aromatic heterocycles. The molecular weight excluding hydrogens is 304 g/mol. The third-order valence-electron chi connectivity index (χ3n) is 5.58. The van der Waals surface area contributed by atoms with Crippen molar-refractivity contribution < 1.29 is 19.7 Å². The van der Waals surface area contributed by atoms with Crippen LogP contribution >= 0.6 is 0 Å². The predicted octanol–water partition coefficient (Wildman–Crippen LogP) is 2.53. The molecule has 0 amide bonds. The maximum atomic E-state index is 10.5. The van der Waals surface area contributed by atoms with Crippen LogP contribution in [0, 0.1) is 0 Å². The minimum absolute atomic E-state index is 0.221. The Morgan fingerprint density at radius 3 is 2.62 bits per heavy atom. The van der Waals surface area contributed by atoms with Gasteiger partial charge in [-0.3, -0.25) is 0 Å². The molecule has 5 rings (SSSR count). The van der Waals surface area contributed by atoms with Gasteiger partial charge in [0.05, 0.1) is 13.2 Å². The summed E-state index contributed by atoms with van der Waals surface area (Å²) >= 11 is 0. The lowest BCUT2D eigenvalue weighted by Gasteiger charge is -2.35. The fraction of sp³-hybridized carbons (Fsp3) is 0.400. The van der Waals surface area contributed by atoms with Gasteiger partial charge >= 0.3 is 0 Å². The van der Waals surface area contributed by atoms with Crippen LogP contribution < -0.4 is 4.74 Å². The number of aliphatic hydroxyl groups excluding tert-OH is 2. The summed E-state index contributed by atoms with van der Waals surface area (Å²) in [6, 6.07) is 10.3. The third kappa shape index (κ3) is 1.85. The standard InChI is InChI=1S/C20H20O4/c21-9-15-18(22)20-17-14(10-23-20)12-7-4-8-13(12)16(19(17)24-15)11-5-2-1-3-6-11/h1-3,5-6,15,18,20-22H,4,7-10H2/t15-,18-,20-/m1/s1. The van der Waals surface area contributed by atoms with Gasteiger partial charge in [0.25, 0.3) is 0 Å². The molecule has 0 unspecified atom stereocenters. The van der Waals surface area contributed by atoms with E-state index in [1.807, 2.05) is 18.2 Å². The molecule has 2 aromatic carbocycles. The van der Waals surface area contributed by atoms with Gasteiger partial charge in [-0.1, -0.05) is 30.3 Å². The van der Waals surface area contributed by atoms with Crippen molar-refractivity contribution in [2.75, 3.05) is 6.61 Å². The summed E-state index contributed by atoms with van der Waals surface area (Å²) < 4.78 is 12.0. The van der Waals surface area contributed by atoms with Crippen molar-refractivity contribution in [2.45, 2.75) is 44.2 Å². The lowest BCUT2D eigenvalue weighted by Crippen LogP contribution is -2.43. The summed E-state index contributed by atoms with van der Waals surface area (Å²) in [7, 11) is 0. The van der Waals surface area contributed by atoms with E-state index in [4.69, 9.17) is 9.47 Å². The van der Waals surface area contributed by atoms with E-state index in [-0.39, 0.29) is 6.61 Å². The first-order chi connectivity index (χ1) is 11.8. The van der Waals surface area contributed by atoms with Gasteiger partial charge in [0, 0.05) is 11.1 Å². The summed E-state index contributed by atoms with van der Waals surface area (Å²) in [5.74, 6) is 0.809. The van der Waals surface area contributed by atoms with Crippen molar-refractivity contribution in [1.29, 1.82) is 0 Å². The van der Waals surface area contributed by atoms with E-state index in [2.05, 4.69) is 12.1 Å². The predicted molar refractivity (Wildman–Crippen MR) is 88.9 cm³/mol. The summed E-state index contributed by atoms with van der Waals surface area (Å²) in [6.07, 6.45) is 1.38. The zero-order chi connectivity index (χ0) is 16.3. The van der Waals surface area contributed by atoms with Crippen LogP contribution in [0.5, 0.6) is 5.75 Å². The van der Waals surface area contributed by atoms with E-state index < -0.39 is 18.3 Å². The number of ether oxygens (including phenoxy) is 2. The van der Waals surface area contributed by atoms with Crippen molar-refractivity contribution in [1.82, 2.24) is 0 Å². The summed E-state index contributed by atoms with van der Waals surface area (Å²) in [4.78, 5) is 0. The normalized spacial score (nSPS) is 26.8. The van der Waals surface area contributed by atoms with Crippen LogP contribution in [0.1, 0.15) is 34.8 Å². The van der Waals surface area contributed by atoms with Crippen LogP contribution in [0.15, 0.2) is 30.3 Å². The summed E-state index contributed by atoms with van der Waals surface area (Å²) in [5.41, 5.74) is 7.21. The van der Waals surface area contributed by atoms with Crippen LogP contribution in [-0.2, 0) is 24.2 Å². The highest BCUT2D eigenvalue weighted by Gasteiger charge is 2.45. The Labute approximate surface area is 140 Å². The molecule has 3 atom stereocenters. The minimum Gasteiger partial charge on any atom is -0.484 e. The van der Waals surface area contributed by atoms with Gasteiger partial charge in [0.2, 0.25) is 0 Å². The van der Waals surface area contributed by atoms with Gasteiger partial charge in [0.1, 0.15) is 18.0 Å². The van der Waals surface area contributed by atoms with E-state index in [1.54, 1.807) is 0 Å². The maximum Gasteiger partial charge on any atom is 0.150 e. The molecule has 4 nitrogen and oxygen atoms in total. The molecule has 2 heterocycles. The van der Waals surface area contributed by atoms with E-state index in [9.17, 15) is 10.2 Å². The average Bonchev–Trinajstić information content (AvgIpc) is 3.26. The number of rotatable bonds is 2. The number of hydrogen-bond donors (Lipinski definition) is 2. The molecule has 0 bridgehead atoms. The van der Waals surface area contributed by atoms with Crippen molar-refractivity contribution in [3.63, 3.8) is 0 Å². The third-order valence-corrected chi connectivity index (χ3v) is 5.58. The molecule has 3 aliphatic rings. The van der Waals surface area contributed by atoms with E-state index >= 15 is 0 Å². The molecule has 0 fully saturated rings. The van der Waals surface area contributed by atoms with Crippen molar-refractivity contribution in [3.8, 4) is 16.9 Å².